The molecule has 1 aliphatic rings. The molecule has 178 valence electrons. The van der Waals surface area contributed by atoms with Crippen LogP contribution in [0, 0.1) is 6.92 Å². The molecule has 1 N–H and O–H groups in total. The van der Waals surface area contributed by atoms with Gasteiger partial charge in [0, 0.05) is 37.5 Å². The standard InChI is InChI=1S/C26H29FN4O2S/c1-17-5-3-6-18(13-17)21-16-31-22-15-23(33-2)20(14-24(22)34-26(31)29-21)25(32)28-9-4-10-30-11-7-19(27)8-12-30/h3,5-6,13-16,19H,4,7-12H2,1-2H3,(H,28,32). The van der Waals surface area contributed by atoms with Gasteiger partial charge in [0.05, 0.1) is 28.6 Å². The van der Waals surface area contributed by atoms with E-state index >= 15 is 0 Å². The molecule has 2 aromatic heterocycles. The van der Waals surface area contributed by atoms with Gasteiger partial charge in [-0.3, -0.25) is 9.20 Å². The first-order valence-electron chi connectivity index (χ1n) is 11.7. The number of thiazole rings is 1. The maximum atomic E-state index is 13.3. The minimum absolute atomic E-state index is 0.146. The van der Waals surface area contributed by atoms with Crippen LogP contribution in [-0.4, -0.2) is 59.7 Å². The van der Waals surface area contributed by atoms with Crippen molar-refractivity contribution >= 4 is 32.4 Å². The Balaban J connectivity index is 1.31. The van der Waals surface area contributed by atoms with Crippen molar-refractivity contribution in [2.24, 2.45) is 0 Å². The summed E-state index contributed by atoms with van der Waals surface area (Å²) >= 11 is 1.56. The third-order valence-corrected chi connectivity index (χ3v) is 7.45. The van der Waals surface area contributed by atoms with Gasteiger partial charge < -0.3 is 15.0 Å². The highest BCUT2D eigenvalue weighted by molar-refractivity contribution is 7.23. The Morgan fingerprint density at radius 1 is 1.26 bits per heavy atom. The second-order valence-corrected chi connectivity index (χ2v) is 9.91. The zero-order valence-electron chi connectivity index (χ0n) is 19.5. The van der Waals surface area contributed by atoms with E-state index in [0.29, 0.717) is 30.7 Å². The number of piperidine rings is 1. The molecule has 5 rings (SSSR count). The lowest BCUT2D eigenvalue weighted by Gasteiger charge is -2.28. The quantitative estimate of drug-likeness (QED) is 0.375. The summed E-state index contributed by atoms with van der Waals surface area (Å²) in [6.45, 7) is 5.11. The number of amides is 1. The highest BCUT2D eigenvalue weighted by atomic mass is 32.1. The van der Waals surface area contributed by atoms with Crippen LogP contribution >= 0.6 is 11.3 Å². The van der Waals surface area contributed by atoms with Gasteiger partial charge in [-0.2, -0.15) is 0 Å². The molecular weight excluding hydrogens is 451 g/mol. The summed E-state index contributed by atoms with van der Waals surface area (Å²) in [6.07, 6.45) is 3.43. The SMILES string of the molecule is COc1cc2c(cc1C(=O)NCCCN1CCC(F)CC1)sc1nc(-c3cccc(C)c3)cn12. The number of rotatable bonds is 7. The van der Waals surface area contributed by atoms with Gasteiger partial charge >= 0.3 is 0 Å². The molecule has 3 heterocycles. The summed E-state index contributed by atoms with van der Waals surface area (Å²) in [4.78, 5) is 20.9. The van der Waals surface area contributed by atoms with E-state index in [1.54, 1.807) is 18.4 Å². The van der Waals surface area contributed by atoms with Gasteiger partial charge in [0.15, 0.2) is 4.96 Å². The largest absolute Gasteiger partial charge is 0.496 e. The number of carbonyl (C=O) groups excluding carboxylic acids is 1. The van der Waals surface area contributed by atoms with Crippen molar-refractivity contribution in [2.75, 3.05) is 33.3 Å². The topological polar surface area (TPSA) is 58.9 Å². The van der Waals surface area contributed by atoms with Crippen molar-refractivity contribution < 1.29 is 13.9 Å². The van der Waals surface area contributed by atoms with Gasteiger partial charge in [-0.25, -0.2) is 9.37 Å². The average Bonchev–Trinajstić information content (AvgIpc) is 3.40. The molecule has 0 bridgehead atoms. The Hall–Kier alpha value is -2.97. The Bertz CT molecular complexity index is 1320. The van der Waals surface area contributed by atoms with Crippen LogP contribution in [0.3, 0.4) is 0 Å². The number of imidazole rings is 1. The number of alkyl halides is 1. The molecule has 2 aromatic carbocycles. The number of likely N-dealkylation sites (tertiary alicyclic amines) is 1. The molecule has 0 atom stereocenters. The number of nitrogens with zero attached hydrogens (tertiary/aromatic N) is 3. The van der Waals surface area contributed by atoms with E-state index in [4.69, 9.17) is 9.72 Å². The molecule has 0 radical (unpaired) electrons. The maximum absolute atomic E-state index is 13.3. The number of aromatic nitrogens is 2. The third-order valence-electron chi connectivity index (χ3n) is 6.43. The van der Waals surface area contributed by atoms with Crippen LogP contribution in [-0.2, 0) is 0 Å². The Kier molecular flexibility index (Phi) is 6.52. The normalized spacial score (nSPS) is 15.3. The van der Waals surface area contributed by atoms with Crippen LogP contribution in [0.5, 0.6) is 5.75 Å². The molecule has 1 saturated heterocycles. The number of aryl methyl sites for hydroxylation is 1. The molecule has 34 heavy (non-hydrogen) atoms. The summed E-state index contributed by atoms with van der Waals surface area (Å²) in [5.41, 5.74) is 4.70. The van der Waals surface area contributed by atoms with Crippen LogP contribution in [0.1, 0.15) is 35.2 Å². The smallest absolute Gasteiger partial charge is 0.255 e. The summed E-state index contributed by atoms with van der Waals surface area (Å²) in [6, 6.07) is 12.1. The number of methoxy groups -OCH3 is 1. The first kappa shape index (κ1) is 22.8. The van der Waals surface area contributed by atoms with E-state index in [2.05, 4.69) is 39.7 Å². The van der Waals surface area contributed by atoms with Gasteiger partial charge in [-0.15, -0.1) is 0 Å². The molecule has 6 nitrogen and oxygen atoms in total. The van der Waals surface area contributed by atoms with Gasteiger partial charge in [-0.05, 0) is 44.9 Å². The van der Waals surface area contributed by atoms with Gasteiger partial charge in [-0.1, -0.05) is 35.1 Å². The number of halogens is 1. The molecule has 1 amide bonds. The molecule has 4 aromatic rings. The van der Waals surface area contributed by atoms with Crippen LogP contribution in [0.15, 0.2) is 42.6 Å². The molecule has 1 aliphatic heterocycles. The van der Waals surface area contributed by atoms with Gasteiger partial charge in [0.1, 0.15) is 11.9 Å². The van der Waals surface area contributed by atoms with Crippen molar-refractivity contribution in [2.45, 2.75) is 32.4 Å². The fourth-order valence-corrected chi connectivity index (χ4v) is 5.57. The van der Waals surface area contributed by atoms with E-state index in [1.165, 1.54) is 5.56 Å². The van der Waals surface area contributed by atoms with Crippen molar-refractivity contribution in [3.8, 4) is 17.0 Å². The maximum Gasteiger partial charge on any atom is 0.255 e. The molecular formula is C26H29FN4O2S. The summed E-state index contributed by atoms with van der Waals surface area (Å²) in [7, 11) is 1.59. The van der Waals surface area contributed by atoms with E-state index in [9.17, 15) is 9.18 Å². The predicted molar refractivity (Wildman–Crippen MR) is 135 cm³/mol. The number of hydrogen-bond donors (Lipinski definition) is 1. The van der Waals surface area contributed by atoms with Crippen molar-refractivity contribution in [1.29, 1.82) is 0 Å². The summed E-state index contributed by atoms with van der Waals surface area (Å²) < 4.78 is 21.9. The molecule has 1 fully saturated rings. The van der Waals surface area contributed by atoms with Crippen molar-refractivity contribution in [3.63, 3.8) is 0 Å². The second kappa shape index (κ2) is 9.72. The fraction of sp³-hybridized carbons (Fsp3) is 0.385. The van der Waals surface area contributed by atoms with Crippen LogP contribution in [0.2, 0.25) is 0 Å². The highest BCUT2D eigenvalue weighted by Crippen LogP contribution is 2.34. The Morgan fingerprint density at radius 3 is 2.85 bits per heavy atom. The first-order valence-corrected chi connectivity index (χ1v) is 12.5. The lowest BCUT2D eigenvalue weighted by molar-refractivity contribution is 0.0947. The summed E-state index contributed by atoms with van der Waals surface area (Å²) in [5, 5.41) is 3.01. The van der Waals surface area contributed by atoms with Crippen LogP contribution in [0.4, 0.5) is 4.39 Å². The number of ether oxygens (including phenoxy) is 1. The monoisotopic (exact) mass is 480 g/mol. The lowest BCUT2D eigenvalue weighted by atomic mass is 10.1. The summed E-state index contributed by atoms with van der Waals surface area (Å²) in [5.74, 6) is 0.397. The number of benzene rings is 2. The van der Waals surface area contributed by atoms with E-state index in [0.717, 1.165) is 52.5 Å². The zero-order valence-corrected chi connectivity index (χ0v) is 20.3. The van der Waals surface area contributed by atoms with Crippen molar-refractivity contribution in [3.05, 3.63) is 53.7 Å². The number of fused-ring (bicyclic) bond motifs is 3. The van der Waals surface area contributed by atoms with Gasteiger partial charge in [0.2, 0.25) is 0 Å². The Morgan fingerprint density at radius 2 is 2.09 bits per heavy atom. The molecule has 0 aliphatic carbocycles. The number of nitrogens with one attached hydrogen (secondary N) is 1. The minimum atomic E-state index is -0.660. The first-order chi connectivity index (χ1) is 16.5. The third kappa shape index (κ3) is 4.65. The van der Waals surface area contributed by atoms with Crippen LogP contribution < -0.4 is 10.1 Å². The molecule has 8 heteroatoms. The lowest BCUT2D eigenvalue weighted by Crippen LogP contribution is -2.36. The second-order valence-electron chi connectivity index (χ2n) is 8.90. The number of carbonyl (C=O) groups is 1. The molecule has 0 saturated carbocycles. The minimum Gasteiger partial charge on any atom is -0.496 e. The number of hydrogen-bond acceptors (Lipinski definition) is 5. The van der Waals surface area contributed by atoms with Crippen molar-refractivity contribution in [1.82, 2.24) is 19.6 Å². The molecule has 0 unspecified atom stereocenters. The van der Waals surface area contributed by atoms with E-state index in [1.807, 2.05) is 24.4 Å². The molecule has 0 spiro atoms. The van der Waals surface area contributed by atoms with Gasteiger partial charge in [0.25, 0.3) is 5.91 Å². The Labute approximate surface area is 202 Å². The zero-order chi connectivity index (χ0) is 23.7. The fourth-order valence-electron chi connectivity index (χ4n) is 4.54. The van der Waals surface area contributed by atoms with Crippen LogP contribution in [0.25, 0.3) is 26.4 Å². The van der Waals surface area contributed by atoms with E-state index < -0.39 is 6.17 Å². The predicted octanol–water partition coefficient (Wildman–Crippen LogP) is 5.09. The highest BCUT2D eigenvalue weighted by Gasteiger charge is 2.19. The average molecular weight is 481 g/mol. The van der Waals surface area contributed by atoms with E-state index in [-0.39, 0.29) is 5.91 Å².